The molecule has 2 unspecified atom stereocenters. The third kappa shape index (κ3) is 3.92. The Morgan fingerprint density at radius 2 is 2.11 bits per heavy atom. The molecule has 1 saturated heterocycles. The Bertz CT molecular complexity index is 454. The first kappa shape index (κ1) is 15.7. The van der Waals surface area contributed by atoms with Crippen molar-refractivity contribution in [3.8, 4) is 0 Å². The summed E-state index contributed by atoms with van der Waals surface area (Å²) in [7, 11) is -2.68. The normalized spacial score (nSPS) is 19.6. The number of aliphatic hydroxyl groups is 1. The third-order valence-electron chi connectivity index (χ3n) is 1.99. The summed E-state index contributed by atoms with van der Waals surface area (Å²) < 4.78 is 18.9. The predicted molar refractivity (Wildman–Crippen MR) is 68.4 cm³/mol. The van der Waals surface area contributed by atoms with Gasteiger partial charge in [0.05, 0.1) is 10.0 Å². The Morgan fingerprint density at radius 3 is 2.63 bits per heavy atom. The molecule has 1 aliphatic rings. The maximum Gasteiger partial charge on any atom is 0.391 e. The van der Waals surface area contributed by atoms with Crippen molar-refractivity contribution in [2.24, 2.45) is 0 Å². The minimum Gasteiger partial charge on any atom is -0.352 e. The summed E-state index contributed by atoms with van der Waals surface area (Å²) in [6, 6.07) is 4.26. The van der Waals surface area contributed by atoms with E-state index in [1.54, 1.807) is 0 Å². The first-order valence-electron chi connectivity index (χ1n) is 4.63. The topological polar surface area (TPSA) is 101 Å². The molecule has 0 radical (unpaired) electrons. The quantitative estimate of drug-likeness (QED) is 0.351. The fourth-order valence-electron chi connectivity index (χ4n) is 1.12. The van der Waals surface area contributed by atoms with Gasteiger partial charge in [0, 0.05) is 5.56 Å². The fourth-order valence-corrected chi connectivity index (χ4v) is 2.11. The number of nitrogens with one attached hydrogen (secondary N) is 2. The SMILES string of the molecule is OPOC(O)(NOP1ONO1)c1ccc(Cl)c(Cl)c1. The Kier molecular flexibility index (Phi) is 5.68. The van der Waals surface area contributed by atoms with Gasteiger partial charge in [-0.25, -0.2) is 4.62 Å². The van der Waals surface area contributed by atoms with Crippen LogP contribution in [0.4, 0.5) is 0 Å². The van der Waals surface area contributed by atoms with Gasteiger partial charge in [0.2, 0.25) is 0 Å². The molecule has 2 rings (SSSR count). The van der Waals surface area contributed by atoms with Crippen LogP contribution in [0, 0.1) is 0 Å². The molecular weight excluding hydrogens is 341 g/mol. The average molecular weight is 349 g/mol. The number of hydrogen-bond donors (Lipinski definition) is 4. The van der Waals surface area contributed by atoms with Crippen LogP contribution in [0.5, 0.6) is 0 Å². The van der Waals surface area contributed by atoms with E-state index < -0.39 is 23.5 Å². The smallest absolute Gasteiger partial charge is 0.352 e. The lowest BCUT2D eigenvalue weighted by Crippen LogP contribution is -2.43. The largest absolute Gasteiger partial charge is 0.391 e. The average Bonchev–Trinajstić information content (AvgIpc) is 2.31. The van der Waals surface area contributed by atoms with Gasteiger partial charge in [0.25, 0.3) is 5.91 Å². The molecule has 0 amide bonds. The Morgan fingerprint density at radius 1 is 1.37 bits per heavy atom. The monoisotopic (exact) mass is 348 g/mol. The second-order valence-electron chi connectivity index (χ2n) is 3.15. The summed E-state index contributed by atoms with van der Waals surface area (Å²) in [6.45, 7) is 0. The number of halogens is 2. The van der Waals surface area contributed by atoms with Crippen molar-refractivity contribution >= 4 is 40.8 Å². The molecule has 1 heterocycles. The summed E-state index contributed by atoms with van der Waals surface area (Å²) >= 11 is 11.6. The molecule has 12 heteroatoms. The second-order valence-corrected chi connectivity index (χ2v) is 5.35. The van der Waals surface area contributed by atoms with Crippen molar-refractivity contribution in [2.75, 3.05) is 0 Å². The molecule has 0 saturated carbocycles. The number of rotatable bonds is 6. The van der Waals surface area contributed by atoms with Gasteiger partial charge in [0.15, 0.2) is 9.03 Å². The van der Waals surface area contributed by atoms with Crippen LogP contribution in [-0.2, 0) is 24.3 Å². The molecule has 106 valence electrons. The molecule has 0 aliphatic carbocycles. The third-order valence-corrected chi connectivity index (χ3v) is 3.80. The zero-order valence-corrected chi connectivity index (χ0v) is 12.4. The first-order valence-corrected chi connectivity index (χ1v) is 7.34. The van der Waals surface area contributed by atoms with Gasteiger partial charge >= 0.3 is 8.60 Å². The van der Waals surface area contributed by atoms with E-state index in [9.17, 15) is 5.11 Å². The minimum absolute atomic E-state index is 0.173. The van der Waals surface area contributed by atoms with Crippen molar-refractivity contribution < 1.29 is 28.4 Å². The molecular formula is C7H8Cl2N2O6P2. The molecule has 19 heavy (non-hydrogen) atoms. The van der Waals surface area contributed by atoms with E-state index in [2.05, 4.69) is 14.7 Å². The standard InChI is InChI=1S/C7H8Cl2N2O6P2/c8-5-2-1-4(3-6(5)9)7(12,14-18-13)10-15-19-16-11-17-19/h1-3,10-13,18H. The van der Waals surface area contributed by atoms with E-state index in [1.807, 2.05) is 5.64 Å². The van der Waals surface area contributed by atoms with Crippen LogP contribution >= 0.6 is 40.8 Å². The van der Waals surface area contributed by atoms with Crippen LogP contribution in [0.3, 0.4) is 0 Å². The summed E-state index contributed by atoms with van der Waals surface area (Å²) in [4.78, 5) is 8.84. The van der Waals surface area contributed by atoms with E-state index in [0.717, 1.165) is 0 Å². The summed E-state index contributed by atoms with van der Waals surface area (Å²) in [5.74, 6) is -2.13. The molecule has 1 aromatic rings. The highest BCUT2D eigenvalue weighted by Gasteiger charge is 2.35. The highest BCUT2D eigenvalue weighted by molar-refractivity contribution is 7.42. The number of hydroxylamine groups is 1. The predicted octanol–water partition coefficient (Wildman–Crippen LogP) is 1.83. The van der Waals surface area contributed by atoms with E-state index >= 15 is 0 Å². The number of hydrogen-bond acceptors (Lipinski definition) is 8. The van der Waals surface area contributed by atoms with Gasteiger partial charge in [0.1, 0.15) is 0 Å². The lowest BCUT2D eigenvalue weighted by molar-refractivity contribution is -0.236. The Hall–Kier alpha value is 0.340. The molecule has 2 atom stereocenters. The van der Waals surface area contributed by atoms with Gasteiger partial charge in [-0.15, -0.1) is 5.48 Å². The zero-order valence-electron chi connectivity index (χ0n) is 8.96. The molecule has 4 N–H and O–H groups in total. The Balaban J connectivity index is 2.13. The summed E-state index contributed by atoms with van der Waals surface area (Å²) in [5.41, 5.74) is 4.39. The van der Waals surface area contributed by atoms with Crippen LogP contribution in [-0.4, -0.2) is 10.00 Å². The minimum atomic E-state index is -2.13. The lowest BCUT2D eigenvalue weighted by Gasteiger charge is -2.30. The van der Waals surface area contributed by atoms with Crippen LogP contribution < -0.4 is 11.1 Å². The summed E-state index contributed by atoms with van der Waals surface area (Å²) in [6.07, 6.45) is 0. The summed E-state index contributed by atoms with van der Waals surface area (Å²) in [5, 5.41) is 10.7. The second kappa shape index (κ2) is 6.87. The molecule has 1 aromatic carbocycles. The van der Waals surface area contributed by atoms with Crippen LogP contribution in [0.15, 0.2) is 18.2 Å². The molecule has 1 fully saturated rings. The Labute approximate surface area is 120 Å². The highest BCUT2D eigenvalue weighted by Crippen LogP contribution is 2.44. The highest BCUT2D eigenvalue weighted by atomic mass is 35.5. The maximum atomic E-state index is 10.2. The van der Waals surface area contributed by atoms with E-state index in [-0.39, 0.29) is 10.6 Å². The van der Waals surface area contributed by atoms with E-state index in [1.165, 1.54) is 18.2 Å². The molecule has 8 nitrogen and oxygen atoms in total. The zero-order chi connectivity index (χ0) is 13.9. The number of benzene rings is 1. The van der Waals surface area contributed by atoms with Gasteiger partial charge in [-0.05, 0) is 12.1 Å². The van der Waals surface area contributed by atoms with Crippen molar-refractivity contribution in [2.45, 2.75) is 5.91 Å². The molecule has 0 spiro atoms. The van der Waals surface area contributed by atoms with Crippen LogP contribution in [0.2, 0.25) is 10.0 Å². The van der Waals surface area contributed by atoms with E-state index in [4.69, 9.17) is 37.2 Å². The fraction of sp³-hybridized carbons (Fsp3) is 0.143. The van der Waals surface area contributed by atoms with Crippen molar-refractivity contribution in [3.05, 3.63) is 33.8 Å². The van der Waals surface area contributed by atoms with Gasteiger partial charge in [-0.3, -0.25) is 4.52 Å². The van der Waals surface area contributed by atoms with Gasteiger partial charge in [-0.1, -0.05) is 34.9 Å². The van der Waals surface area contributed by atoms with Crippen molar-refractivity contribution in [1.82, 2.24) is 11.1 Å². The molecule has 1 aliphatic heterocycles. The maximum absolute atomic E-state index is 10.2. The van der Waals surface area contributed by atoms with Gasteiger partial charge in [-0.2, -0.15) is 9.25 Å². The van der Waals surface area contributed by atoms with Crippen molar-refractivity contribution in [1.29, 1.82) is 0 Å². The van der Waals surface area contributed by atoms with Gasteiger partial charge < -0.3 is 10.00 Å². The van der Waals surface area contributed by atoms with Crippen molar-refractivity contribution in [3.63, 3.8) is 0 Å². The first-order chi connectivity index (χ1) is 9.05. The molecule has 0 bridgehead atoms. The van der Waals surface area contributed by atoms with Crippen LogP contribution in [0.25, 0.3) is 0 Å². The lowest BCUT2D eigenvalue weighted by atomic mass is 10.2. The van der Waals surface area contributed by atoms with Crippen LogP contribution in [0.1, 0.15) is 5.56 Å². The molecule has 0 aromatic heterocycles. The van der Waals surface area contributed by atoms with E-state index in [0.29, 0.717) is 5.02 Å².